The number of rotatable bonds is 8. The fourth-order valence-electron chi connectivity index (χ4n) is 3.01. The van der Waals surface area contributed by atoms with Crippen LogP contribution in [-0.2, 0) is 16.4 Å². The summed E-state index contributed by atoms with van der Waals surface area (Å²) in [5, 5.41) is 1.11. The Bertz CT molecular complexity index is 1160. The predicted octanol–water partition coefficient (Wildman–Crippen LogP) is 6.21. The zero-order valence-electron chi connectivity index (χ0n) is 16.2. The lowest BCUT2D eigenvalue weighted by Gasteiger charge is -2.17. The minimum absolute atomic E-state index is 0.0475. The van der Waals surface area contributed by atoms with Crippen LogP contribution in [0.1, 0.15) is 16.7 Å². The van der Waals surface area contributed by atoms with Gasteiger partial charge in [-0.2, -0.15) is 0 Å². The van der Waals surface area contributed by atoms with Gasteiger partial charge in [0.15, 0.2) is 0 Å². The van der Waals surface area contributed by atoms with E-state index in [9.17, 15) is 8.42 Å². The predicted molar refractivity (Wildman–Crippen MR) is 127 cm³/mol. The summed E-state index contributed by atoms with van der Waals surface area (Å²) in [6.07, 6.45) is 2.03. The Morgan fingerprint density at radius 3 is 2.20 bits per heavy atom. The first-order valence-electron chi connectivity index (χ1n) is 9.31. The first kappa shape index (κ1) is 22.2. The Kier molecular flexibility index (Phi) is 7.38. The first-order chi connectivity index (χ1) is 14.4. The van der Waals surface area contributed by atoms with Gasteiger partial charge < -0.3 is 0 Å². The lowest BCUT2D eigenvalue weighted by molar-refractivity contribution is 0.591. The molecule has 0 unspecified atom stereocenters. The highest BCUT2D eigenvalue weighted by molar-refractivity contribution is 7.89. The first-order valence-corrected chi connectivity index (χ1v) is 11.7. The van der Waals surface area contributed by atoms with Crippen molar-refractivity contribution in [2.75, 3.05) is 5.75 Å². The van der Waals surface area contributed by atoms with E-state index in [4.69, 9.17) is 23.2 Å². The topological polar surface area (TPSA) is 46.2 Å². The smallest absolute Gasteiger partial charge is 0.233 e. The SMILES string of the molecule is C=C/C(=C(\NS(=O)(=O)CCc1ccccc1)c1ccc(Cl)cc1)c1cccc(Cl)c1. The minimum Gasteiger partial charge on any atom is -0.282 e. The average Bonchev–Trinajstić information content (AvgIpc) is 2.74. The molecule has 30 heavy (non-hydrogen) atoms. The van der Waals surface area contributed by atoms with Crippen LogP contribution in [0.25, 0.3) is 11.3 Å². The second-order valence-electron chi connectivity index (χ2n) is 6.67. The molecule has 3 aromatic carbocycles. The van der Waals surface area contributed by atoms with Gasteiger partial charge in [0.05, 0.1) is 11.4 Å². The van der Waals surface area contributed by atoms with Crippen molar-refractivity contribution < 1.29 is 8.42 Å². The number of nitrogens with one attached hydrogen (secondary N) is 1. The van der Waals surface area contributed by atoms with Crippen LogP contribution in [0.2, 0.25) is 10.0 Å². The molecule has 6 heteroatoms. The highest BCUT2D eigenvalue weighted by Crippen LogP contribution is 2.28. The van der Waals surface area contributed by atoms with E-state index >= 15 is 0 Å². The van der Waals surface area contributed by atoms with Gasteiger partial charge in [0.25, 0.3) is 0 Å². The highest BCUT2D eigenvalue weighted by atomic mass is 35.5. The van der Waals surface area contributed by atoms with Crippen molar-refractivity contribution in [2.45, 2.75) is 6.42 Å². The Labute approximate surface area is 187 Å². The number of aryl methyl sites for hydroxylation is 1. The molecule has 0 saturated carbocycles. The van der Waals surface area contributed by atoms with Gasteiger partial charge in [0.2, 0.25) is 10.0 Å². The number of sulfonamides is 1. The van der Waals surface area contributed by atoms with Crippen LogP contribution in [0.15, 0.2) is 91.5 Å². The van der Waals surface area contributed by atoms with E-state index in [0.29, 0.717) is 33.3 Å². The van der Waals surface area contributed by atoms with Gasteiger partial charge in [-0.1, -0.05) is 90.5 Å². The van der Waals surface area contributed by atoms with Crippen LogP contribution in [0, 0.1) is 0 Å². The minimum atomic E-state index is -3.63. The maximum atomic E-state index is 12.9. The Balaban J connectivity index is 2.01. The molecule has 0 spiro atoms. The molecule has 0 aliphatic carbocycles. The number of benzene rings is 3. The van der Waals surface area contributed by atoms with Crippen molar-refractivity contribution in [3.8, 4) is 0 Å². The summed E-state index contributed by atoms with van der Waals surface area (Å²) in [5.74, 6) is -0.0475. The third-order valence-electron chi connectivity index (χ3n) is 4.50. The van der Waals surface area contributed by atoms with Gasteiger partial charge in [0, 0.05) is 15.6 Å². The van der Waals surface area contributed by atoms with Crippen LogP contribution in [0.4, 0.5) is 0 Å². The van der Waals surface area contributed by atoms with Gasteiger partial charge in [-0.3, -0.25) is 4.72 Å². The Hall–Kier alpha value is -2.53. The molecule has 0 aliphatic heterocycles. The molecule has 0 aliphatic rings. The van der Waals surface area contributed by atoms with E-state index in [-0.39, 0.29) is 5.75 Å². The molecule has 0 amide bonds. The van der Waals surface area contributed by atoms with Crippen LogP contribution >= 0.6 is 23.2 Å². The quantitative estimate of drug-likeness (QED) is 0.322. The largest absolute Gasteiger partial charge is 0.282 e. The molecule has 0 bridgehead atoms. The summed E-state index contributed by atoms with van der Waals surface area (Å²) < 4.78 is 28.6. The Morgan fingerprint density at radius 1 is 0.867 bits per heavy atom. The number of halogens is 2. The summed E-state index contributed by atoms with van der Waals surface area (Å²) in [6.45, 7) is 3.89. The van der Waals surface area contributed by atoms with E-state index < -0.39 is 10.0 Å². The van der Waals surface area contributed by atoms with E-state index in [2.05, 4.69) is 11.3 Å². The van der Waals surface area contributed by atoms with E-state index in [0.717, 1.165) is 11.1 Å². The molecule has 3 aromatic rings. The standard InChI is InChI=1S/C24H21Cl2NO2S/c1-2-23(20-9-6-10-22(26)17-20)24(19-11-13-21(25)14-12-19)27-30(28,29)16-15-18-7-4-3-5-8-18/h2-14,17,27H,1,15-16H2/b24-23+. The molecule has 0 fully saturated rings. The second-order valence-corrected chi connectivity index (χ2v) is 9.38. The third-order valence-corrected chi connectivity index (χ3v) is 6.25. The fourth-order valence-corrected chi connectivity index (χ4v) is 4.47. The zero-order chi connectivity index (χ0) is 21.6. The van der Waals surface area contributed by atoms with Crippen molar-refractivity contribution >= 4 is 44.5 Å². The van der Waals surface area contributed by atoms with E-state index in [1.165, 1.54) is 0 Å². The summed E-state index contributed by atoms with van der Waals surface area (Å²) in [6, 6.07) is 23.7. The van der Waals surface area contributed by atoms with Crippen LogP contribution in [0.3, 0.4) is 0 Å². The van der Waals surface area contributed by atoms with Gasteiger partial charge >= 0.3 is 0 Å². The highest BCUT2D eigenvalue weighted by Gasteiger charge is 2.17. The van der Waals surface area contributed by atoms with Gasteiger partial charge in [-0.15, -0.1) is 0 Å². The molecule has 0 radical (unpaired) electrons. The number of allylic oxidation sites excluding steroid dienone is 2. The molecule has 154 valence electrons. The van der Waals surface area contributed by atoms with Crippen LogP contribution < -0.4 is 4.72 Å². The van der Waals surface area contributed by atoms with Crippen LogP contribution in [-0.4, -0.2) is 14.2 Å². The van der Waals surface area contributed by atoms with Crippen molar-refractivity contribution in [2.24, 2.45) is 0 Å². The van der Waals surface area contributed by atoms with Crippen LogP contribution in [0.5, 0.6) is 0 Å². The maximum absolute atomic E-state index is 12.9. The molecule has 0 atom stereocenters. The van der Waals surface area contributed by atoms with Crippen molar-refractivity contribution in [3.05, 3.63) is 118 Å². The van der Waals surface area contributed by atoms with E-state index in [1.807, 2.05) is 42.5 Å². The molecule has 3 rings (SSSR count). The van der Waals surface area contributed by atoms with E-state index in [1.54, 1.807) is 42.5 Å². The maximum Gasteiger partial charge on any atom is 0.233 e. The lowest BCUT2D eigenvalue weighted by atomic mass is 10.00. The Morgan fingerprint density at radius 2 is 1.57 bits per heavy atom. The van der Waals surface area contributed by atoms with Gasteiger partial charge in [0.1, 0.15) is 0 Å². The number of hydrogen-bond donors (Lipinski definition) is 1. The second kappa shape index (κ2) is 9.98. The molecule has 0 heterocycles. The molecule has 0 saturated heterocycles. The third kappa shape index (κ3) is 5.99. The normalized spacial score (nSPS) is 12.2. The zero-order valence-corrected chi connectivity index (χ0v) is 18.5. The van der Waals surface area contributed by atoms with Gasteiger partial charge in [-0.05, 0) is 47.4 Å². The molecule has 1 N–H and O–H groups in total. The summed E-state index contributed by atoms with van der Waals surface area (Å²) in [5.41, 5.74) is 3.45. The van der Waals surface area contributed by atoms with Crippen molar-refractivity contribution in [3.63, 3.8) is 0 Å². The fraction of sp³-hybridized carbons (Fsp3) is 0.0833. The molecular formula is C24H21Cl2NO2S. The lowest BCUT2D eigenvalue weighted by Crippen LogP contribution is -2.27. The van der Waals surface area contributed by atoms with Crippen molar-refractivity contribution in [1.29, 1.82) is 0 Å². The molecular weight excluding hydrogens is 437 g/mol. The van der Waals surface area contributed by atoms with Gasteiger partial charge in [-0.25, -0.2) is 8.42 Å². The summed E-state index contributed by atoms with van der Waals surface area (Å²) in [7, 11) is -3.63. The van der Waals surface area contributed by atoms with Crippen molar-refractivity contribution in [1.82, 2.24) is 4.72 Å². The average molecular weight is 458 g/mol. The number of hydrogen-bond acceptors (Lipinski definition) is 2. The molecule has 3 nitrogen and oxygen atoms in total. The molecule has 0 aromatic heterocycles. The summed E-state index contributed by atoms with van der Waals surface area (Å²) in [4.78, 5) is 0. The summed E-state index contributed by atoms with van der Waals surface area (Å²) >= 11 is 12.2. The monoisotopic (exact) mass is 457 g/mol.